The summed E-state index contributed by atoms with van der Waals surface area (Å²) in [4.78, 5) is 13.0. The van der Waals surface area contributed by atoms with Gasteiger partial charge in [0.15, 0.2) is 5.16 Å². The van der Waals surface area contributed by atoms with Gasteiger partial charge in [-0.2, -0.15) is 0 Å². The summed E-state index contributed by atoms with van der Waals surface area (Å²) in [5.74, 6) is 1.55. The number of benzene rings is 2. The molecule has 1 fully saturated rings. The zero-order valence-electron chi connectivity index (χ0n) is 16.1. The smallest absolute Gasteiger partial charge is 0.234 e. The minimum atomic E-state index is -0.273. The van der Waals surface area contributed by atoms with Crippen LogP contribution in [0.2, 0.25) is 0 Å². The van der Waals surface area contributed by atoms with Gasteiger partial charge in [-0.25, -0.2) is 0 Å². The molecule has 1 aliphatic rings. The van der Waals surface area contributed by atoms with Gasteiger partial charge in [-0.05, 0) is 30.9 Å². The van der Waals surface area contributed by atoms with E-state index in [1.54, 1.807) is 0 Å². The summed E-state index contributed by atoms with van der Waals surface area (Å²) >= 11 is 1.45. The molecule has 5 nitrogen and oxygen atoms in total. The summed E-state index contributed by atoms with van der Waals surface area (Å²) in [6.45, 7) is 1.92. The topological polar surface area (TPSA) is 59.8 Å². The highest BCUT2D eigenvalue weighted by molar-refractivity contribution is 8.00. The van der Waals surface area contributed by atoms with E-state index < -0.39 is 0 Å². The maximum absolute atomic E-state index is 13.0. The van der Waals surface area contributed by atoms with E-state index in [0.29, 0.717) is 5.92 Å². The van der Waals surface area contributed by atoms with Gasteiger partial charge in [0.2, 0.25) is 5.91 Å². The molecule has 1 aromatic heterocycles. The van der Waals surface area contributed by atoms with Crippen LogP contribution >= 0.6 is 11.8 Å². The number of rotatable bonds is 7. The minimum absolute atomic E-state index is 0.0151. The highest BCUT2D eigenvalue weighted by atomic mass is 32.2. The fourth-order valence-corrected chi connectivity index (χ4v) is 4.08. The Morgan fingerprint density at radius 2 is 1.61 bits per heavy atom. The van der Waals surface area contributed by atoms with Gasteiger partial charge in [0.05, 0.1) is 11.3 Å². The normalized spacial score (nSPS) is 14.8. The summed E-state index contributed by atoms with van der Waals surface area (Å²) in [6, 6.07) is 19.9. The molecule has 6 heteroatoms. The van der Waals surface area contributed by atoms with Crippen LogP contribution in [-0.2, 0) is 11.8 Å². The van der Waals surface area contributed by atoms with E-state index in [4.69, 9.17) is 0 Å². The number of carbonyl (C=O) groups excluding carboxylic acids is 1. The Labute approximate surface area is 169 Å². The van der Waals surface area contributed by atoms with E-state index in [0.717, 1.165) is 22.1 Å². The van der Waals surface area contributed by atoms with Crippen molar-refractivity contribution in [1.29, 1.82) is 0 Å². The lowest BCUT2D eigenvalue weighted by Crippen LogP contribution is -2.35. The van der Waals surface area contributed by atoms with Gasteiger partial charge >= 0.3 is 0 Å². The second-order valence-electron chi connectivity index (χ2n) is 7.20. The molecule has 3 aromatic rings. The lowest BCUT2D eigenvalue weighted by Gasteiger charge is -2.22. The molecule has 0 bridgehead atoms. The van der Waals surface area contributed by atoms with Crippen LogP contribution in [0.1, 0.15) is 48.7 Å². The zero-order valence-corrected chi connectivity index (χ0v) is 16.9. The first-order valence-corrected chi connectivity index (χ1v) is 10.5. The van der Waals surface area contributed by atoms with Crippen LogP contribution < -0.4 is 5.32 Å². The Bertz CT molecular complexity index is 898. The predicted molar refractivity (Wildman–Crippen MR) is 111 cm³/mol. The molecule has 0 unspecified atom stereocenters. The van der Waals surface area contributed by atoms with E-state index >= 15 is 0 Å². The molecule has 4 rings (SSSR count). The van der Waals surface area contributed by atoms with Crippen LogP contribution in [0.3, 0.4) is 0 Å². The standard InChI is InChI=1S/C22H24N4OS/c1-15(28-22-25-24-20(26(22)2)18-13-14-18)21(27)23-19(16-9-5-3-6-10-16)17-11-7-4-8-12-17/h3-12,15,18-19H,13-14H2,1-2H3,(H,23,27)/t15-/m1/s1. The maximum Gasteiger partial charge on any atom is 0.234 e. The third-order valence-electron chi connectivity index (χ3n) is 5.01. The van der Waals surface area contributed by atoms with Crippen molar-refractivity contribution in [3.05, 3.63) is 77.6 Å². The molecular formula is C22H24N4OS. The molecule has 1 saturated carbocycles. The SMILES string of the molecule is C[C@@H](Sc1nnc(C2CC2)n1C)C(=O)NC(c1ccccc1)c1ccccc1. The van der Waals surface area contributed by atoms with Gasteiger partial charge in [0, 0.05) is 13.0 Å². The van der Waals surface area contributed by atoms with E-state index in [2.05, 4.69) is 15.5 Å². The molecule has 144 valence electrons. The second-order valence-corrected chi connectivity index (χ2v) is 8.51. The molecule has 0 saturated heterocycles. The first-order valence-electron chi connectivity index (χ1n) is 9.59. The summed E-state index contributed by atoms with van der Waals surface area (Å²) in [5.41, 5.74) is 2.13. The number of carbonyl (C=O) groups is 1. The van der Waals surface area contributed by atoms with Crippen molar-refractivity contribution >= 4 is 17.7 Å². The van der Waals surface area contributed by atoms with Gasteiger partial charge in [0.25, 0.3) is 0 Å². The largest absolute Gasteiger partial charge is 0.344 e. The van der Waals surface area contributed by atoms with Gasteiger partial charge in [-0.15, -0.1) is 10.2 Å². The number of hydrogen-bond donors (Lipinski definition) is 1. The van der Waals surface area contributed by atoms with E-state index in [1.165, 1.54) is 24.6 Å². The number of aromatic nitrogens is 3. The van der Waals surface area contributed by atoms with Gasteiger partial charge < -0.3 is 9.88 Å². The Kier molecular flexibility index (Phi) is 5.48. The van der Waals surface area contributed by atoms with Crippen LogP contribution in [0.25, 0.3) is 0 Å². The highest BCUT2D eigenvalue weighted by Crippen LogP contribution is 2.39. The zero-order chi connectivity index (χ0) is 19.5. The van der Waals surface area contributed by atoms with Crippen LogP contribution in [0.15, 0.2) is 65.8 Å². The summed E-state index contributed by atoms with van der Waals surface area (Å²) in [6.07, 6.45) is 2.37. The molecule has 1 aliphatic carbocycles. The van der Waals surface area contributed by atoms with Crippen molar-refractivity contribution in [2.24, 2.45) is 7.05 Å². The highest BCUT2D eigenvalue weighted by Gasteiger charge is 2.30. The minimum Gasteiger partial charge on any atom is -0.344 e. The van der Waals surface area contributed by atoms with Crippen LogP contribution in [0, 0.1) is 0 Å². The first-order chi connectivity index (χ1) is 13.6. The third-order valence-corrected chi connectivity index (χ3v) is 6.15. The predicted octanol–water partition coefficient (Wildman–Crippen LogP) is 4.08. The van der Waals surface area contributed by atoms with Crippen LogP contribution in [0.5, 0.6) is 0 Å². The fourth-order valence-electron chi connectivity index (χ4n) is 3.25. The van der Waals surface area contributed by atoms with Crippen molar-refractivity contribution in [2.45, 2.75) is 42.1 Å². The Hall–Kier alpha value is -2.60. The fraction of sp³-hybridized carbons (Fsp3) is 0.318. The average molecular weight is 393 g/mol. The summed E-state index contributed by atoms with van der Waals surface area (Å²) < 4.78 is 2.03. The molecule has 1 atom stereocenters. The number of thioether (sulfide) groups is 1. The molecule has 2 aromatic carbocycles. The van der Waals surface area contributed by atoms with Gasteiger partial charge in [-0.3, -0.25) is 4.79 Å². The van der Waals surface area contributed by atoms with E-state index in [9.17, 15) is 4.79 Å². The van der Waals surface area contributed by atoms with Gasteiger partial charge in [0.1, 0.15) is 5.82 Å². The second kappa shape index (κ2) is 8.19. The Morgan fingerprint density at radius 1 is 1.04 bits per heavy atom. The van der Waals surface area contributed by atoms with E-state index in [-0.39, 0.29) is 17.2 Å². The summed E-state index contributed by atoms with van der Waals surface area (Å²) in [5, 5.41) is 12.3. The lowest BCUT2D eigenvalue weighted by atomic mass is 9.98. The maximum atomic E-state index is 13.0. The summed E-state index contributed by atoms with van der Waals surface area (Å²) in [7, 11) is 1.98. The average Bonchev–Trinajstić information content (AvgIpc) is 3.51. The van der Waals surface area contributed by atoms with Crippen molar-refractivity contribution < 1.29 is 4.79 Å². The molecule has 0 spiro atoms. The van der Waals surface area contributed by atoms with Crippen molar-refractivity contribution in [3.63, 3.8) is 0 Å². The monoisotopic (exact) mass is 392 g/mol. The quantitative estimate of drug-likeness (QED) is 0.616. The van der Waals surface area contributed by atoms with Crippen molar-refractivity contribution in [1.82, 2.24) is 20.1 Å². The molecule has 0 aliphatic heterocycles. The van der Waals surface area contributed by atoms with Gasteiger partial charge in [-0.1, -0.05) is 72.4 Å². The molecule has 1 amide bonds. The van der Waals surface area contributed by atoms with Crippen molar-refractivity contribution in [2.75, 3.05) is 0 Å². The van der Waals surface area contributed by atoms with Crippen LogP contribution in [-0.4, -0.2) is 25.9 Å². The number of amides is 1. The molecule has 1 heterocycles. The van der Waals surface area contributed by atoms with E-state index in [1.807, 2.05) is 79.2 Å². The van der Waals surface area contributed by atoms with Crippen molar-refractivity contribution in [3.8, 4) is 0 Å². The number of nitrogens with zero attached hydrogens (tertiary/aromatic N) is 3. The first kappa shape index (κ1) is 18.7. The molecule has 0 radical (unpaired) electrons. The molecule has 1 N–H and O–H groups in total. The number of nitrogens with one attached hydrogen (secondary N) is 1. The number of hydrogen-bond acceptors (Lipinski definition) is 4. The Morgan fingerprint density at radius 3 is 2.14 bits per heavy atom. The Balaban J connectivity index is 1.49. The molecule has 28 heavy (non-hydrogen) atoms. The van der Waals surface area contributed by atoms with Crippen LogP contribution in [0.4, 0.5) is 0 Å². The molecular weight excluding hydrogens is 368 g/mol. The third kappa shape index (κ3) is 4.12. The lowest BCUT2D eigenvalue weighted by molar-refractivity contribution is -0.120.